The van der Waals surface area contributed by atoms with E-state index in [0.29, 0.717) is 5.01 Å². The van der Waals surface area contributed by atoms with Gasteiger partial charge in [0.15, 0.2) is 0 Å². The highest BCUT2D eigenvalue weighted by Gasteiger charge is 2.06. The van der Waals surface area contributed by atoms with Crippen LogP contribution >= 0.6 is 38.6 Å². The normalized spacial score (nSPS) is 11.1. The number of hydrogen-bond donors (Lipinski definition) is 1. The molecule has 0 radical (unpaired) electrons. The number of aromatic nitrogens is 1. The Morgan fingerprint density at radius 1 is 1.50 bits per heavy atom. The van der Waals surface area contributed by atoms with Crippen molar-refractivity contribution in [1.82, 2.24) is 4.98 Å². The molecule has 2 rings (SSSR count). The van der Waals surface area contributed by atoms with Gasteiger partial charge in [0.2, 0.25) is 0 Å². The zero-order valence-corrected chi connectivity index (χ0v) is 11.1. The molecule has 82 valence electrons. The summed E-state index contributed by atoms with van der Waals surface area (Å²) in [5, 5.41) is 11.4. The molecule has 16 heavy (non-hydrogen) atoms. The molecule has 0 aliphatic heterocycles. The fraction of sp³-hybridized carbons (Fsp3) is 0. The average molecular weight is 316 g/mol. The zero-order chi connectivity index (χ0) is 11.5. The van der Waals surface area contributed by atoms with Crippen LogP contribution in [-0.2, 0) is 0 Å². The number of carboxylic acid groups (broad SMARTS) is 1. The molecule has 1 N–H and O–H groups in total. The maximum absolute atomic E-state index is 10.6. The number of nitrogens with zero attached hydrogens (tertiary/aromatic N) is 1. The van der Waals surface area contributed by atoms with Crippen LogP contribution in [0.15, 0.2) is 22.1 Å². The minimum Gasteiger partial charge on any atom is -0.477 e. The van der Waals surface area contributed by atoms with Crippen molar-refractivity contribution >= 4 is 56.7 Å². The van der Waals surface area contributed by atoms with Gasteiger partial charge in [-0.2, -0.15) is 0 Å². The first-order valence-corrected chi connectivity index (χ1v) is 6.75. The van der Waals surface area contributed by atoms with E-state index in [2.05, 4.69) is 20.9 Å². The smallest absolute Gasteiger partial charge is 0.347 e. The lowest BCUT2D eigenvalue weighted by Gasteiger charge is -1.83. The molecule has 0 spiro atoms. The van der Waals surface area contributed by atoms with Crippen LogP contribution in [0.1, 0.15) is 19.6 Å². The lowest BCUT2D eigenvalue weighted by Crippen LogP contribution is -1.89. The van der Waals surface area contributed by atoms with Crippen molar-refractivity contribution in [3.8, 4) is 0 Å². The van der Waals surface area contributed by atoms with E-state index >= 15 is 0 Å². The molecule has 0 aliphatic carbocycles. The summed E-state index contributed by atoms with van der Waals surface area (Å²) in [6, 6.07) is 1.99. The van der Waals surface area contributed by atoms with Crippen molar-refractivity contribution in [1.29, 1.82) is 0 Å². The third-order valence-electron chi connectivity index (χ3n) is 1.71. The highest BCUT2D eigenvalue weighted by atomic mass is 79.9. The van der Waals surface area contributed by atoms with Gasteiger partial charge in [-0.3, -0.25) is 0 Å². The van der Waals surface area contributed by atoms with Crippen LogP contribution in [0.3, 0.4) is 0 Å². The molecule has 3 nitrogen and oxygen atoms in total. The van der Waals surface area contributed by atoms with Crippen molar-refractivity contribution in [3.63, 3.8) is 0 Å². The predicted octanol–water partition coefficient (Wildman–Crippen LogP) is 3.84. The summed E-state index contributed by atoms with van der Waals surface area (Å²) in [5.41, 5.74) is 0. The number of thiazole rings is 1. The Kier molecular flexibility index (Phi) is 3.52. The Morgan fingerprint density at radius 2 is 2.31 bits per heavy atom. The largest absolute Gasteiger partial charge is 0.477 e. The van der Waals surface area contributed by atoms with Crippen LogP contribution in [0, 0.1) is 0 Å². The quantitative estimate of drug-likeness (QED) is 0.936. The molecule has 2 aromatic rings. The van der Waals surface area contributed by atoms with E-state index in [4.69, 9.17) is 5.11 Å². The van der Waals surface area contributed by atoms with Crippen LogP contribution in [-0.4, -0.2) is 16.1 Å². The second-order valence-electron chi connectivity index (χ2n) is 2.87. The first kappa shape index (κ1) is 11.5. The van der Waals surface area contributed by atoms with Gasteiger partial charge < -0.3 is 5.11 Å². The number of hydrogen-bond acceptors (Lipinski definition) is 4. The fourth-order valence-corrected chi connectivity index (χ4v) is 3.03. The number of aromatic carboxylic acids is 1. The van der Waals surface area contributed by atoms with Crippen molar-refractivity contribution in [2.24, 2.45) is 0 Å². The topological polar surface area (TPSA) is 50.2 Å². The lowest BCUT2D eigenvalue weighted by atomic mass is 10.4. The van der Waals surface area contributed by atoms with Gasteiger partial charge in [-0.05, 0) is 34.1 Å². The minimum atomic E-state index is -0.934. The SMILES string of the molecule is O=C(O)c1cnc(C=Cc2cc(Br)cs2)s1. The van der Waals surface area contributed by atoms with Crippen molar-refractivity contribution in [2.75, 3.05) is 0 Å². The number of halogens is 1. The summed E-state index contributed by atoms with van der Waals surface area (Å²) >= 11 is 6.14. The van der Waals surface area contributed by atoms with Crippen LogP contribution in [0.2, 0.25) is 0 Å². The van der Waals surface area contributed by atoms with E-state index < -0.39 is 5.97 Å². The highest BCUT2D eigenvalue weighted by molar-refractivity contribution is 9.10. The van der Waals surface area contributed by atoms with Crippen molar-refractivity contribution in [3.05, 3.63) is 36.9 Å². The van der Waals surface area contributed by atoms with Gasteiger partial charge in [0, 0.05) is 14.7 Å². The number of carboxylic acids is 1. The number of thiophene rings is 1. The van der Waals surface area contributed by atoms with E-state index in [-0.39, 0.29) is 4.88 Å². The molecule has 0 amide bonds. The summed E-state index contributed by atoms with van der Waals surface area (Å²) in [6.07, 6.45) is 5.10. The Bertz CT molecular complexity index is 545. The Morgan fingerprint density at radius 3 is 2.88 bits per heavy atom. The van der Waals surface area contributed by atoms with Gasteiger partial charge in [0.1, 0.15) is 9.88 Å². The highest BCUT2D eigenvalue weighted by Crippen LogP contribution is 2.22. The van der Waals surface area contributed by atoms with Gasteiger partial charge in [-0.1, -0.05) is 0 Å². The second-order valence-corrected chi connectivity index (χ2v) is 5.79. The van der Waals surface area contributed by atoms with Gasteiger partial charge >= 0.3 is 5.97 Å². The second kappa shape index (κ2) is 4.90. The van der Waals surface area contributed by atoms with Crippen molar-refractivity contribution < 1.29 is 9.90 Å². The fourth-order valence-electron chi connectivity index (χ4n) is 1.03. The molecular formula is C10H6BrNO2S2. The molecule has 0 aliphatic rings. The Hall–Kier alpha value is -0.980. The molecular weight excluding hydrogens is 310 g/mol. The summed E-state index contributed by atoms with van der Waals surface area (Å²) in [5.74, 6) is -0.934. The van der Waals surface area contributed by atoms with Gasteiger partial charge in [0.05, 0.1) is 6.20 Å². The summed E-state index contributed by atoms with van der Waals surface area (Å²) in [7, 11) is 0. The summed E-state index contributed by atoms with van der Waals surface area (Å²) < 4.78 is 1.04. The van der Waals surface area contributed by atoms with Crippen LogP contribution < -0.4 is 0 Å². The Labute approximate surface area is 108 Å². The maximum Gasteiger partial charge on any atom is 0.347 e. The first-order chi connectivity index (χ1) is 7.65. The average Bonchev–Trinajstić information content (AvgIpc) is 2.83. The molecule has 2 heterocycles. The molecule has 2 aromatic heterocycles. The van der Waals surface area contributed by atoms with Crippen molar-refractivity contribution in [2.45, 2.75) is 0 Å². The third-order valence-corrected chi connectivity index (χ3v) is 4.32. The van der Waals surface area contributed by atoms with Gasteiger partial charge in [0.25, 0.3) is 0 Å². The van der Waals surface area contributed by atoms with E-state index in [0.717, 1.165) is 20.7 Å². The van der Waals surface area contributed by atoms with E-state index in [1.54, 1.807) is 11.3 Å². The molecule has 0 saturated carbocycles. The lowest BCUT2D eigenvalue weighted by molar-refractivity contribution is 0.0702. The van der Waals surface area contributed by atoms with E-state index in [1.807, 2.05) is 23.6 Å². The molecule has 0 aromatic carbocycles. The van der Waals surface area contributed by atoms with Crippen LogP contribution in [0.25, 0.3) is 12.2 Å². The molecule has 0 saturated heterocycles. The van der Waals surface area contributed by atoms with Crippen LogP contribution in [0.4, 0.5) is 0 Å². The Balaban J connectivity index is 2.14. The molecule has 0 atom stereocenters. The maximum atomic E-state index is 10.6. The number of rotatable bonds is 3. The molecule has 0 bridgehead atoms. The van der Waals surface area contributed by atoms with E-state index in [1.165, 1.54) is 6.20 Å². The summed E-state index contributed by atoms with van der Waals surface area (Å²) in [6.45, 7) is 0. The summed E-state index contributed by atoms with van der Waals surface area (Å²) in [4.78, 5) is 16.0. The first-order valence-electron chi connectivity index (χ1n) is 4.26. The molecule has 0 fully saturated rings. The molecule has 0 unspecified atom stereocenters. The molecule has 6 heteroatoms. The van der Waals surface area contributed by atoms with E-state index in [9.17, 15) is 4.79 Å². The minimum absolute atomic E-state index is 0.256. The number of carbonyl (C=O) groups is 1. The van der Waals surface area contributed by atoms with Gasteiger partial charge in [-0.15, -0.1) is 22.7 Å². The third kappa shape index (κ3) is 2.78. The van der Waals surface area contributed by atoms with Crippen LogP contribution in [0.5, 0.6) is 0 Å². The predicted molar refractivity (Wildman–Crippen MR) is 70.0 cm³/mol. The van der Waals surface area contributed by atoms with Gasteiger partial charge in [-0.25, -0.2) is 9.78 Å². The monoisotopic (exact) mass is 315 g/mol. The zero-order valence-electron chi connectivity index (χ0n) is 7.88. The standard InChI is InChI=1S/C10H6BrNO2S2/c11-6-3-7(15-5-6)1-2-9-12-4-8(16-9)10(13)14/h1-5H,(H,13,14).